The number of hydrogen-bond acceptors (Lipinski definition) is 2. The van der Waals surface area contributed by atoms with Crippen molar-refractivity contribution in [2.45, 2.75) is 12.8 Å². The van der Waals surface area contributed by atoms with Crippen molar-refractivity contribution in [3.8, 4) is 11.1 Å². The van der Waals surface area contributed by atoms with E-state index in [9.17, 15) is 9.59 Å². The Labute approximate surface area is 133 Å². The first-order valence-electron chi connectivity index (χ1n) is 7.19. The van der Waals surface area contributed by atoms with E-state index in [1.165, 1.54) is 0 Å². The summed E-state index contributed by atoms with van der Waals surface area (Å²) < 4.78 is 0. The summed E-state index contributed by atoms with van der Waals surface area (Å²) in [6.07, 6.45) is 1.25. The van der Waals surface area contributed by atoms with Crippen molar-refractivity contribution in [3.05, 3.63) is 59.1 Å². The molecule has 22 heavy (non-hydrogen) atoms. The molecular weight excluding hydrogens is 300 g/mol. The first kappa shape index (κ1) is 14.8. The van der Waals surface area contributed by atoms with E-state index in [4.69, 9.17) is 16.7 Å². The van der Waals surface area contributed by atoms with Crippen molar-refractivity contribution in [2.24, 2.45) is 11.8 Å². The molecule has 1 saturated carbocycles. The summed E-state index contributed by atoms with van der Waals surface area (Å²) in [6.45, 7) is 0. The van der Waals surface area contributed by atoms with Crippen LogP contribution in [0, 0.1) is 11.8 Å². The number of benzene rings is 2. The lowest BCUT2D eigenvalue weighted by Gasteiger charge is -2.31. The molecule has 4 heteroatoms. The fraction of sp³-hybridized carbons (Fsp3) is 0.222. The zero-order valence-corrected chi connectivity index (χ0v) is 12.6. The van der Waals surface area contributed by atoms with Gasteiger partial charge in [-0.2, -0.15) is 0 Å². The highest BCUT2D eigenvalue weighted by atomic mass is 35.5. The Kier molecular flexibility index (Phi) is 3.99. The Morgan fingerprint density at radius 3 is 1.82 bits per heavy atom. The molecule has 3 nitrogen and oxygen atoms in total. The van der Waals surface area contributed by atoms with E-state index < -0.39 is 11.9 Å². The largest absolute Gasteiger partial charge is 0.481 e. The molecule has 0 amide bonds. The van der Waals surface area contributed by atoms with E-state index in [1.807, 2.05) is 36.4 Å². The van der Waals surface area contributed by atoms with E-state index in [2.05, 4.69) is 0 Å². The molecule has 1 aliphatic carbocycles. The number of carbonyl (C=O) groups is 2. The molecule has 2 aromatic carbocycles. The number of aliphatic carboxylic acids is 1. The van der Waals surface area contributed by atoms with Crippen molar-refractivity contribution in [1.29, 1.82) is 0 Å². The molecule has 0 aliphatic heterocycles. The lowest BCUT2D eigenvalue weighted by Crippen LogP contribution is -2.38. The lowest BCUT2D eigenvalue weighted by atomic mass is 9.70. The first-order valence-corrected chi connectivity index (χ1v) is 7.57. The lowest BCUT2D eigenvalue weighted by molar-refractivity contribution is -0.146. The molecule has 0 spiro atoms. The third-order valence-electron chi connectivity index (χ3n) is 4.28. The van der Waals surface area contributed by atoms with Gasteiger partial charge in [0.1, 0.15) is 0 Å². The highest BCUT2D eigenvalue weighted by Crippen LogP contribution is 2.37. The van der Waals surface area contributed by atoms with Crippen LogP contribution in [0.3, 0.4) is 0 Å². The molecule has 0 radical (unpaired) electrons. The van der Waals surface area contributed by atoms with Gasteiger partial charge in [-0.3, -0.25) is 9.59 Å². The fourth-order valence-corrected chi connectivity index (χ4v) is 2.92. The molecule has 112 valence electrons. The molecule has 1 N–H and O–H groups in total. The topological polar surface area (TPSA) is 54.4 Å². The van der Waals surface area contributed by atoms with Gasteiger partial charge in [-0.25, -0.2) is 0 Å². The summed E-state index contributed by atoms with van der Waals surface area (Å²) in [5.41, 5.74) is 2.60. The third kappa shape index (κ3) is 2.77. The van der Waals surface area contributed by atoms with E-state index in [-0.39, 0.29) is 11.7 Å². The highest BCUT2D eigenvalue weighted by molar-refractivity contribution is 6.30. The maximum Gasteiger partial charge on any atom is 0.307 e. The smallest absolute Gasteiger partial charge is 0.307 e. The van der Waals surface area contributed by atoms with E-state index in [0.717, 1.165) is 11.1 Å². The minimum absolute atomic E-state index is 0.0682. The van der Waals surface area contributed by atoms with Crippen molar-refractivity contribution >= 4 is 23.4 Å². The molecule has 0 unspecified atom stereocenters. The number of ketones is 1. The first-order chi connectivity index (χ1) is 10.6. The molecule has 1 fully saturated rings. The monoisotopic (exact) mass is 314 g/mol. The molecule has 3 rings (SSSR count). The summed E-state index contributed by atoms with van der Waals surface area (Å²) >= 11 is 5.87. The normalized spacial score (nSPS) is 20.2. The Morgan fingerprint density at radius 2 is 1.36 bits per heavy atom. The van der Waals surface area contributed by atoms with Gasteiger partial charge in [0, 0.05) is 16.5 Å². The Morgan fingerprint density at radius 1 is 0.864 bits per heavy atom. The molecule has 2 atom stereocenters. The second-order valence-electron chi connectivity index (χ2n) is 5.58. The van der Waals surface area contributed by atoms with Crippen molar-refractivity contribution < 1.29 is 14.7 Å². The molecule has 2 aromatic rings. The van der Waals surface area contributed by atoms with Gasteiger partial charge in [0.2, 0.25) is 0 Å². The second kappa shape index (κ2) is 5.93. The Bertz CT molecular complexity index is 704. The SMILES string of the molecule is O=C(O)[C@H]1CC[C@H]1C(=O)c1ccc(-c2ccc(Cl)cc2)cc1. The van der Waals surface area contributed by atoms with Crippen molar-refractivity contribution in [2.75, 3.05) is 0 Å². The van der Waals surface area contributed by atoms with Gasteiger partial charge in [0.15, 0.2) is 5.78 Å². The molecule has 1 aliphatic rings. The standard InChI is InChI=1S/C18H15ClO3/c19-14-7-5-12(6-8-14)11-1-3-13(4-2-11)17(20)15-9-10-16(15)18(21)22/h1-8,15-16H,9-10H2,(H,21,22)/t15-,16+/m1/s1. The molecule has 0 aromatic heterocycles. The van der Waals surface area contributed by atoms with Crippen molar-refractivity contribution in [1.82, 2.24) is 0 Å². The average molecular weight is 315 g/mol. The zero-order valence-electron chi connectivity index (χ0n) is 11.8. The van der Waals surface area contributed by atoms with Crippen LogP contribution in [0.2, 0.25) is 5.02 Å². The minimum Gasteiger partial charge on any atom is -0.481 e. The predicted octanol–water partition coefficient (Wildman–Crippen LogP) is 4.30. The summed E-state index contributed by atoms with van der Waals surface area (Å²) in [5.74, 6) is -1.84. The van der Waals surface area contributed by atoms with Crippen LogP contribution in [0.25, 0.3) is 11.1 Å². The number of carbonyl (C=O) groups excluding carboxylic acids is 1. The summed E-state index contributed by atoms with van der Waals surface area (Å²) in [6, 6.07) is 14.8. The van der Waals surface area contributed by atoms with Gasteiger partial charge in [0.25, 0.3) is 0 Å². The summed E-state index contributed by atoms with van der Waals surface area (Å²) in [4.78, 5) is 23.4. The molecule has 0 saturated heterocycles. The maximum atomic E-state index is 12.4. The van der Waals surface area contributed by atoms with Crippen LogP contribution in [0.5, 0.6) is 0 Å². The number of carboxylic acids is 1. The molecule has 0 heterocycles. The Balaban J connectivity index is 1.78. The van der Waals surface area contributed by atoms with Gasteiger partial charge in [-0.15, -0.1) is 0 Å². The van der Waals surface area contributed by atoms with Gasteiger partial charge >= 0.3 is 5.97 Å². The Hall–Kier alpha value is -2.13. The van der Waals surface area contributed by atoms with Gasteiger partial charge in [-0.05, 0) is 36.1 Å². The second-order valence-corrected chi connectivity index (χ2v) is 6.01. The number of hydrogen-bond donors (Lipinski definition) is 1. The van der Waals surface area contributed by atoms with E-state index >= 15 is 0 Å². The van der Waals surface area contributed by atoms with Gasteiger partial charge < -0.3 is 5.11 Å². The van der Waals surface area contributed by atoms with Gasteiger partial charge in [0.05, 0.1) is 5.92 Å². The fourth-order valence-electron chi connectivity index (χ4n) is 2.79. The predicted molar refractivity (Wildman–Crippen MR) is 85.1 cm³/mol. The van der Waals surface area contributed by atoms with Crippen LogP contribution in [-0.2, 0) is 4.79 Å². The minimum atomic E-state index is -0.873. The van der Waals surface area contributed by atoms with Gasteiger partial charge in [-0.1, -0.05) is 48.0 Å². The van der Waals surface area contributed by atoms with Crippen LogP contribution >= 0.6 is 11.6 Å². The number of Topliss-reactive ketones (excluding diaryl/α,β-unsaturated/α-hetero) is 1. The van der Waals surface area contributed by atoms with Crippen LogP contribution < -0.4 is 0 Å². The molecular formula is C18H15ClO3. The van der Waals surface area contributed by atoms with Crippen LogP contribution in [0.15, 0.2) is 48.5 Å². The number of rotatable bonds is 4. The average Bonchev–Trinajstić information content (AvgIpc) is 2.46. The number of halogens is 1. The quantitative estimate of drug-likeness (QED) is 0.856. The van der Waals surface area contributed by atoms with Crippen molar-refractivity contribution in [3.63, 3.8) is 0 Å². The van der Waals surface area contributed by atoms with Crippen LogP contribution in [-0.4, -0.2) is 16.9 Å². The van der Waals surface area contributed by atoms with E-state index in [1.54, 1.807) is 12.1 Å². The summed E-state index contributed by atoms with van der Waals surface area (Å²) in [7, 11) is 0. The van der Waals surface area contributed by atoms with Crippen LogP contribution in [0.4, 0.5) is 0 Å². The summed E-state index contributed by atoms with van der Waals surface area (Å²) in [5, 5.41) is 9.73. The van der Waals surface area contributed by atoms with E-state index in [0.29, 0.717) is 23.4 Å². The van der Waals surface area contributed by atoms with Crippen LogP contribution in [0.1, 0.15) is 23.2 Å². The molecule has 0 bridgehead atoms. The zero-order chi connectivity index (χ0) is 15.7. The highest BCUT2D eigenvalue weighted by Gasteiger charge is 2.41. The maximum absolute atomic E-state index is 12.4. The third-order valence-corrected chi connectivity index (χ3v) is 4.53. The number of carboxylic acid groups (broad SMARTS) is 1.